The Morgan fingerprint density at radius 2 is 1.58 bits per heavy atom. The van der Waals surface area contributed by atoms with Gasteiger partial charge >= 0.3 is 6.03 Å². The summed E-state index contributed by atoms with van der Waals surface area (Å²) in [5, 5.41) is 4.74. The summed E-state index contributed by atoms with van der Waals surface area (Å²) >= 11 is 0. The Hall–Kier alpha value is -2.32. The van der Waals surface area contributed by atoms with Crippen LogP contribution in [0, 0.1) is 11.6 Å². The maximum Gasteiger partial charge on any atom is 0.317 e. The van der Waals surface area contributed by atoms with Crippen molar-refractivity contribution in [1.29, 1.82) is 0 Å². The molecule has 1 heterocycles. The van der Waals surface area contributed by atoms with Crippen molar-refractivity contribution in [3.63, 3.8) is 0 Å². The predicted octanol–water partition coefficient (Wildman–Crippen LogP) is 2.14. The minimum atomic E-state index is -2.74. The second-order valence-electron chi connectivity index (χ2n) is 5.43. The number of nitrogens with one attached hydrogen (secondary N) is 2. The van der Waals surface area contributed by atoms with Gasteiger partial charge in [-0.25, -0.2) is 22.4 Å². The van der Waals surface area contributed by atoms with E-state index in [0.29, 0.717) is 0 Å². The molecule has 5 nitrogen and oxygen atoms in total. The van der Waals surface area contributed by atoms with E-state index in [9.17, 15) is 27.2 Å². The minimum absolute atomic E-state index is 0.00748. The first-order valence-corrected chi connectivity index (χ1v) is 7.43. The Morgan fingerprint density at radius 1 is 1.04 bits per heavy atom. The summed E-state index contributed by atoms with van der Waals surface area (Å²) < 4.78 is 52.8. The van der Waals surface area contributed by atoms with Crippen LogP contribution in [-0.2, 0) is 0 Å². The van der Waals surface area contributed by atoms with Crippen molar-refractivity contribution in [3.05, 3.63) is 35.4 Å². The number of benzene rings is 1. The molecule has 1 aliphatic heterocycles. The van der Waals surface area contributed by atoms with E-state index in [0.717, 1.165) is 18.2 Å². The third-order valence-electron chi connectivity index (χ3n) is 3.66. The van der Waals surface area contributed by atoms with E-state index in [4.69, 9.17) is 0 Å². The molecule has 3 amide bonds. The number of hydrogen-bond acceptors (Lipinski definition) is 2. The number of carbonyl (C=O) groups is 2. The molecule has 2 N–H and O–H groups in total. The van der Waals surface area contributed by atoms with Gasteiger partial charge in [0.1, 0.15) is 17.2 Å². The van der Waals surface area contributed by atoms with Crippen molar-refractivity contribution in [2.24, 2.45) is 0 Å². The van der Waals surface area contributed by atoms with Gasteiger partial charge in [0.25, 0.3) is 11.8 Å². The number of urea groups is 1. The molecule has 0 bridgehead atoms. The lowest BCUT2D eigenvalue weighted by atomic mass is 10.1. The quantitative estimate of drug-likeness (QED) is 0.648. The van der Waals surface area contributed by atoms with Crippen molar-refractivity contribution in [2.45, 2.75) is 18.8 Å². The first-order valence-electron chi connectivity index (χ1n) is 7.43. The molecule has 0 spiro atoms. The lowest BCUT2D eigenvalue weighted by molar-refractivity contribution is -0.0469. The highest BCUT2D eigenvalue weighted by atomic mass is 19.3. The van der Waals surface area contributed by atoms with Crippen LogP contribution in [0.1, 0.15) is 23.2 Å². The average Bonchev–Trinajstić information content (AvgIpc) is 2.51. The highest BCUT2D eigenvalue weighted by Gasteiger charge is 2.35. The number of piperidine rings is 1. The Bertz CT molecular complexity index is 594. The van der Waals surface area contributed by atoms with Gasteiger partial charge in [0, 0.05) is 39.0 Å². The van der Waals surface area contributed by atoms with Crippen LogP contribution in [0.25, 0.3) is 0 Å². The Morgan fingerprint density at radius 3 is 2.17 bits per heavy atom. The van der Waals surface area contributed by atoms with Gasteiger partial charge < -0.3 is 15.5 Å². The van der Waals surface area contributed by atoms with Crippen LogP contribution in [0.2, 0.25) is 0 Å². The SMILES string of the molecule is O=C(NCCNC(=O)N1CCC(F)(F)CC1)c1c(F)cccc1F. The summed E-state index contributed by atoms with van der Waals surface area (Å²) in [7, 11) is 0. The molecule has 1 saturated heterocycles. The van der Waals surface area contributed by atoms with Gasteiger partial charge in [-0.05, 0) is 12.1 Å². The molecule has 132 valence electrons. The van der Waals surface area contributed by atoms with Gasteiger partial charge in [0.15, 0.2) is 0 Å². The average molecular weight is 347 g/mol. The van der Waals surface area contributed by atoms with E-state index in [1.54, 1.807) is 0 Å². The Kier molecular flexibility index (Phi) is 5.63. The van der Waals surface area contributed by atoms with Gasteiger partial charge in [-0.15, -0.1) is 0 Å². The lowest BCUT2D eigenvalue weighted by Gasteiger charge is -2.31. The largest absolute Gasteiger partial charge is 0.350 e. The molecule has 0 saturated carbocycles. The summed E-state index contributed by atoms with van der Waals surface area (Å²) in [4.78, 5) is 24.7. The number of amides is 3. The van der Waals surface area contributed by atoms with Crippen LogP contribution in [0.15, 0.2) is 18.2 Å². The predicted molar refractivity (Wildman–Crippen MR) is 77.8 cm³/mol. The summed E-state index contributed by atoms with van der Waals surface area (Å²) in [5.41, 5.74) is -0.693. The van der Waals surface area contributed by atoms with E-state index in [1.807, 2.05) is 0 Å². The zero-order valence-corrected chi connectivity index (χ0v) is 12.8. The van der Waals surface area contributed by atoms with E-state index in [1.165, 1.54) is 4.90 Å². The van der Waals surface area contributed by atoms with Crippen molar-refractivity contribution in [3.8, 4) is 0 Å². The molecular formula is C15H17F4N3O2. The minimum Gasteiger partial charge on any atom is -0.350 e. The normalized spacial score (nSPS) is 16.6. The third kappa shape index (κ3) is 4.59. The van der Waals surface area contributed by atoms with Gasteiger partial charge in [0.2, 0.25) is 0 Å². The van der Waals surface area contributed by atoms with E-state index >= 15 is 0 Å². The number of carbonyl (C=O) groups excluding carboxylic acids is 2. The van der Waals surface area contributed by atoms with Gasteiger partial charge in [-0.3, -0.25) is 4.79 Å². The van der Waals surface area contributed by atoms with Crippen LogP contribution in [0.4, 0.5) is 22.4 Å². The number of nitrogens with zero attached hydrogens (tertiary/aromatic N) is 1. The molecule has 1 aliphatic rings. The first-order chi connectivity index (χ1) is 11.3. The summed E-state index contributed by atoms with van der Waals surface area (Å²) in [6.45, 7) is -0.146. The van der Waals surface area contributed by atoms with Crippen LogP contribution in [0.3, 0.4) is 0 Å². The third-order valence-corrected chi connectivity index (χ3v) is 3.66. The van der Waals surface area contributed by atoms with E-state index in [2.05, 4.69) is 10.6 Å². The topological polar surface area (TPSA) is 61.4 Å². The zero-order valence-electron chi connectivity index (χ0n) is 12.8. The molecule has 2 rings (SSSR count). The number of hydrogen-bond donors (Lipinski definition) is 2. The monoisotopic (exact) mass is 347 g/mol. The summed E-state index contributed by atoms with van der Waals surface area (Å²) in [6, 6.07) is 2.55. The lowest BCUT2D eigenvalue weighted by Crippen LogP contribution is -2.48. The highest BCUT2D eigenvalue weighted by molar-refractivity contribution is 5.94. The van der Waals surface area contributed by atoms with Gasteiger partial charge in [-0.2, -0.15) is 0 Å². The second kappa shape index (κ2) is 7.50. The molecule has 0 atom stereocenters. The zero-order chi connectivity index (χ0) is 17.7. The highest BCUT2D eigenvalue weighted by Crippen LogP contribution is 2.27. The first kappa shape index (κ1) is 18.0. The van der Waals surface area contributed by atoms with Crippen LogP contribution in [-0.4, -0.2) is 48.9 Å². The fraction of sp³-hybridized carbons (Fsp3) is 0.467. The van der Waals surface area contributed by atoms with Crippen LogP contribution < -0.4 is 10.6 Å². The Balaban J connectivity index is 1.73. The number of halogens is 4. The van der Waals surface area contributed by atoms with Crippen molar-refractivity contribution in [1.82, 2.24) is 15.5 Å². The molecule has 24 heavy (non-hydrogen) atoms. The summed E-state index contributed by atoms with van der Waals surface area (Å²) in [5.74, 6) is -5.64. The summed E-state index contributed by atoms with van der Waals surface area (Å²) in [6.07, 6.45) is -0.770. The van der Waals surface area contributed by atoms with E-state index < -0.39 is 35.1 Å². The van der Waals surface area contributed by atoms with Gasteiger partial charge in [0.05, 0.1) is 0 Å². The van der Waals surface area contributed by atoms with E-state index in [-0.39, 0.29) is 39.0 Å². The van der Waals surface area contributed by atoms with Crippen LogP contribution >= 0.6 is 0 Å². The maximum atomic E-state index is 13.4. The van der Waals surface area contributed by atoms with Crippen molar-refractivity contribution in [2.75, 3.05) is 26.2 Å². The maximum absolute atomic E-state index is 13.4. The molecule has 1 aromatic rings. The van der Waals surface area contributed by atoms with Crippen molar-refractivity contribution >= 4 is 11.9 Å². The molecule has 0 aliphatic carbocycles. The molecule has 1 aromatic carbocycles. The Labute approximate surface area is 136 Å². The number of likely N-dealkylation sites (tertiary alicyclic amines) is 1. The molecular weight excluding hydrogens is 330 g/mol. The smallest absolute Gasteiger partial charge is 0.317 e. The van der Waals surface area contributed by atoms with Crippen molar-refractivity contribution < 1.29 is 27.2 Å². The molecule has 0 radical (unpaired) electrons. The van der Waals surface area contributed by atoms with Crippen LogP contribution in [0.5, 0.6) is 0 Å². The number of alkyl halides is 2. The second-order valence-corrected chi connectivity index (χ2v) is 5.43. The fourth-order valence-electron chi connectivity index (χ4n) is 2.30. The molecule has 0 aromatic heterocycles. The molecule has 1 fully saturated rings. The van der Waals surface area contributed by atoms with Gasteiger partial charge in [-0.1, -0.05) is 6.07 Å². The molecule has 9 heteroatoms. The molecule has 0 unspecified atom stereocenters. The fourth-order valence-corrected chi connectivity index (χ4v) is 2.30. The standard InChI is InChI=1S/C15H17F4N3O2/c16-10-2-1-3-11(17)12(10)13(23)20-6-7-21-14(24)22-8-4-15(18,19)5-9-22/h1-3H,4-9H2,(H,20,23)(H,21,24). The number of rotatable bonds is 4.